The summed E-state index contributed by atoms with van der Waals surface area (Å²) in [5, 5.41) is 7.11. The number of methoxy groups -OCH3 is 1. The van der Waals surface area contributed by atoms with Gasteiger partial charge in [0.2, 0.25) is 0 Å². The van der Waals surface area contributed by atoms with Gasteiger partial charge in [-0.15, -0.1) is 0 Å². The highest BCUT2D eigenvalue weighted by Gasteiger charge is 2.18. The molecule has 7 nitrogen and oxygen atoms in total. The summed E-state index contributed by atoms with van der Waals surface area (Å²) in [7, 11) is 1.53. The van der Waals surface area contributed by atoms with Crippen LogP contribution < -0.4 is 14.8 Å². The standard InChI is InChI=1S/C17H19ClN2O5/c1-22-16-7-11(18)4-5-15(16)24-10-13-8-14(20-25-13)17(21)19-9-12-3-2-6-23-12/h4-5,7-8,12H,2-3,6,9-10H2,1H3,(H,19,21)/t12-/m0/s1. The summed E-state index contributed by atoms with van der Waals surface area (Å²) in [6, 6.07) is 6.60. The molecule has 25 heavy (non-hydrogen) atoms. The Morgan fingerprint density at radius 2 is 2.28 bits per heavy atom. The molecule has 134 valence electrons. The monoisotopic (exact) mass is 366 g/mol. The van der Waals surface area contributed by atoms with Gasteiger partial charge in [0.15, 0.2) is 23.0 Å². The summed E-state index contributed by atoms with van der Waals surface area (Å²) >= 11 is 5.91. The van der Waals surface area contributed by atoms with Gasteiger partial charge in [0.1, 0.15) is 6.61 Å². The average Bonchev–Trinajstić information content (AvgIpc) is 3.30. The predicted octanol–water partition coefficient (Wildman–Crippen LogP) is 2.82. The first-order valence-electron chi connectivity index (χ1n) is 7.97. The Labute approximate surface area is 150 Å². The van der Waals surface area contributed by atoms with Crippen molar-refractivity contribution in [1.82, 2.24) is 10.5 Å². The lowest BCUT2D eigenvalue weighted by Gasteiger charge is -2.09. The van der Waals surface area contributed by atoms with Gasteiger partial charge < -0.3 is 24.1 Å². The van der Waals surface area contributed by atoms with Gasteiger partial charge in [-0.2, -0.15) is 0 Å². The van der Waals surface area contributed by atoms with E-state index in [1.807, 2.05) is 0 Å². The Kier molecular flexibility index (Phi) is 5.78. The number of amides is 1. The molecule has 1 aromatic heterocycles. The lowest BCUT2D eigenvalue weighted by molar-refractivity contribution is 0.0850. The highest BCUT2D eigenvalue weighted by atomic mass is 35.5. The van der Waals surface area contributed by atoms with Crippen LogP contribution in [0.5, 0.6) is 11.5 Å². The Morgan fingerprint density at radius 1 is 1.40 bits per heavy atom. The van der Waals surface area contributed by atoms with E-state index in [0.717, 1.165) is 19.4 Å². The van der Waals surface area contributed by atoms with E-state index in [9.17, 15) is 4.79 Å². The second-order valence-corrected chi connectivity index (χ2v) is 6.04. The third-order valence-electron chi connectivity index (χ3n) is 3.80. The zero-order chi connectivity index (χ0) is 17.6. The lowest BCUT2D eigenvalue weighted by Crippen LogP contribution is -2.31. The SMILES string of the molecule is COc1cc(Cl)ccc1OCc1cc(C(=O)NC[C@@H]2CCCO2)no1. The van der Waals surface area contributed by atoms with Crippen LogP contribution in [0.2, 0.25) is 5.02 Å². The van der Waals surface area contributed by atoms with E-state index in [1.165, 1.54) is 7.11 Å². The lowest BCUT2D eigenvalue weighted by atomic mass is 10.2. The van der Waals surface area contributed by atoms with Gasteiger partial charge in [0.25, 0.3) is 5.91 Å². The quantitative estimate of drug-likeness (QED) is 0.811. The molecule has 0 unspecified atom stereocenters. The van der Waals surface area contributed by atoms with Crippen molar-refractivity contribution >= 4 is 17.5 Å². The topological polar surface area (TPSA) is 82.8 Å². The second kappa shape index (κ2) is 8.22. The number of rotatable bonds is 7. The minimum atomic E-state index is -0.297. The Balaban J connectivity index is 1.53. The summed E-state index contributed by atoms with van der Waals surface area (Å²) in [5.41, 5.74) is 0.208. The zero-order valence-electron chi connectivity index (χ0n) is 13.8. The van der Waals surface area contributed by atoms with Crippen molar-refractivity contribution in [2.24, 2.45) is 0 Å². The van der Waals surface area contributed by atoms with Gasteiger partial charge in [-0.25, -0.2) is 0 Å². The molecule has 2 aromatic rings. The van der Waals surface area contributed by atoms with E-state index in [1.54, 1.807) is 24.3 Å². The van der Waals surface area contributed by atoms with Gasteiger partial charge in [-0.1, -0.05) is 16.8 Å². The van der Waals surface area contributed by atoms with E-state index < -0.39 is 0 Å². The Hall–Kier alpha value is -2.25. The molecule has 1 fully saturated rings. The van der Waals surface area contributed by atoms with Crippen molar-refractivity contribution in [3.63, 3.8) is 0 Å². The number of nitrogens with one attached hydrogen (secondary N) is 1. The minimum absolute atomic E-state index is 0.0797. The van der Waals surface area contributed by atoms with E-state index in [-0.39, 0.29) is 24.3 Å². The maximum Gasteiger partial charge on any atom is 0.273 e. The molecule has 0 saturated carbocycles. The summed E-state index contributed by atoms with van der Waals surface area (Å²) in [4.78, 5) is 12.1. The molecule has 3 rings (SSSR count). The van der Waals surface area contributed by atoms with Crippen LogP contribution in [0.4, 0.5) is 0 Å². The largest absolute Gasteiger partial charge is 0.493 e. The van der Waals surface area contributed by atoms with Crippen molar-refractivity contribution in [3.8, 4) is 11.5 Å². The molecule has 1 amide bonds. The highest BCUT2D eigenvalue weighted by Crippen LogP contribution is 2.30. The summed E-state index contributed by atoms with van der Waals surface area (Å²) in [6.45, 7) is 1.34. The van der Waals surface area contributed by atoms with Crippen LogP contribution >= 0.6 is 11.6 Å². The van der Waals surface area contributed by atoms with E-state index in [2.05, 4.69) is 10.5 Å². The number of carbonyl (C=O) groups is 1. The normalized spacial score (nSPS) is 16.6. The number of hydrogen-bond acceptors (Lipinski definition) is 6. The number of ether oxygens (including phenoxy) is 3. The second-order valence-electron chi connectivity index (χ2n) is 5.61. The maximum absolute atomic E-state index is 12.1. The van der Waals surface area contributed by atoms with Gasteiger partial charge in [-0.05, 0) is 25.0 Å². The van der Waals surface area contributed by atoms with E-state index in [0.29, 0.717) is 28.8 Å². The smallest absolute Gasteiger partial charge is 0.273 e. The Morgan fingerprint density at radius 3 is 3.04 bits per heavy atom. The first-order valence-corrected chi connectivity index (χ1v) is 8.35. The summed E-state index contributed by atoms with van der Waals surface area (Å²) in [5.74, 6) is 1.17. The molecule has 1 aromatic carbocycles. The highest BCUT2D eigenvalue weighted by molar-refractivity contribution is 6.30. The summed E-state index contributed by atoms with van der Waals surface area (Å²) < 4.78 is 21.4. The third-order valence-corrected chi connectivity index (χ3v) is 4.04. The molecule has 1 atom stereocenters. The molecule has 1 N–H and O–H groups in total. The molecule has 0 bridgehead atoms. The Bertz CT molecular complexity index is 728. The van der Waals surface area contributed by atoms with Crippen LogP contribution in [0.25, 0.3) is 0 Å². The van der Waals surface area contributed by atoms with Crippen molar-refractivity contribution in [1.29, 1.82) is 0 Å². The first-order chi connectivity index (χ1) is 12.2. The number of halogens is 1. The molecule has 0 aliphatic carbocycles. The number of benzene rings is 1. The molecule has 0 radical (unpaired) electrons. The van der Waals surface area contributed by atoms with Crippen molar-refractivity contribution in [2.75, 3.05) is 20.3 Å². The first kappa shape index (κ1) is 17.6. The zero-order valence-corrected chi connectivity index (χ0v) is 14.5. The number of hydrogen-bond donors (Lipinski definition) is 1. The number of nitrogens with zero attached hydrogens (tertiary/aromatic N) is 1. The molecule has 1 aliphatic heterocycles. The van der Waals surface area contributed by atoms with E-state index >= 15 is 0 Å². The van der Waals surface area contributed by atoms with Crippen molar-refractivity contribution in [3.05, 3.63) is 40.7 Å². The van der Waals surface area contributed by atoms with Crippen molar-refractivity contribution < 1.29 is 23.5 Å². The average molecular weight is 367 g/mol. The van der Waals surface area contributed by atoms with Gasteiger partial charge in [0.05, 0.1) is 13.2 Å². The molecule has 1 saturated heterocycles. The number of carbonyl (C=O) groups excluding carboxylic acids is 1. The predicted molar refractivity (Wildman–Crippen MR) is 90.1 cm³/mol. The third kappa shape index (κ3) is 4.64. The van der Waals surface area contributed by atoms with Crippen LogP contribution in [-0.4, -0.2) is 37.4 Å². The van der Waals surface area contributed by atoms with Crippen molar-refractivity contribution in [2.45, 2.75) is 25.6 Å². The van der Waals surface area contributed by atoms with Gasteiger partial charge in [-0.3, -0.25) is 4.79 Å². The molecule has 8 heteroatoms. The molecule has 1 aliphatic rings. The van der Waals surface area contributed by atoms with Crippen LogP contribution in [0.1, 0.15) is 29.1 Å². The molecular formula is C17H19ClN2O5. The fraction of sp³-hybridized carbons (Fsp3) is 0.412. The van der Waals surface area contributed by atoms with Crippen LogP contribution in [0.3, 0.4) is 0 Å². The summed E-state index contributed by atoms with van der Waals surface area (Å²) in [6.07, 6.45) is 2.07. The fourth-order valence-electron chi connectivity index (χ4n) is 2.50. The maximum atomic E-state index is 12.1. The van der Waals surface area contributed by atoms with Gasteiger partial charge >= 0.3 is 0 Å². The van der Waals surface area contributed by atoms with E-state index in [4.69, 9.17) is 30.3 Å². The van der Waals surface area contributed by atoms with Crippen LogP contribution in [0, 0.1) is 0 Å². The molecular weight excluding hydrogens is 348 g/mol. The molecule has 2 heterocycles. The fourth-order valence-corrected chi connectivity index (χ4v) is 2.66. The van der Waals surface area contributed by atoms with Crippen LogP contribution in [0.15, 0.2) is 28.8 Å². The minimum Gasteiger partial charge on any atom is -0.493 e. The molecule has 0 spiro atoms. The van der Waals surface area contributed by atoms with Crippen LogP contribution in [-0.2, 0) is 11.3 Å². The van der Waals surface area contributed by atoms with Gasteiger partial charge in [0, 0.05) is 30.3 Å². The number of aromatic nitrogens is 1.